The van der Waals surface area contributed by atoms with E-state index in [1.165, 1.54) is 11.1 Å². The molecule has 2 rings (SSSR count). The number of amides is 1. The summed E-state index contributed by atoms with van der Waals surface area (Å²) in [6.07, 6.45) is 6.47. The van der Waals surface area contributed by atoms with Crippen molar-refractivity contribution < 1.29 is 9.53 Å². The molecular weight excluding hydrogens is 362 g/mol. The lowest BCUT2D eigenvalue weighted by Crippen LogP contribution is -2.38. The van der Waals surface area contributed by atoms with E-state index in [0.717, 1.165) is 44.8 Å². The van der Waals surface area contributed by atoms with Gasteiger partial charge in [0.25, 0.3) is 5.91 Å². The second-order valence-electron chi connectivity index (χ2n) is 7.89. The molecule has 1 aromatic rings. The van der Waals surface area contributed by atoms with Crippen LogP contribution in [0.5, 0.6) is 5.75 Å². The van der Waals surface area contributed by atoms with Crippen LogP contribution in [0.25, 0.3) is 0 Å². The van der Waals surface area contributed by atoms with Crippen LogP contribution in [0.15, 0.2) is 47.6 Å². The summed E-state index contributed by atoms with van der Waals surface area (Å²) >= 11 is 0. The Morgan fingerprint density at radius 1 is 1.14 bits per heavy atom. The fourth-order valence-corrected chi connectivity index (χ4v) is 3.51. The van der Waals surface area contributed by atoms with Crippen LogP contribution in [0.3, 0.4) is 0 Å². The molecule has 0 radical (unpaired) electrons. The maximum atomic E-state index is 12.7. The zero-order chi connectivity index (χ0) is 21.2. The number of carbonyl (C=O) groups excluding carboxylic acids is 1. The van der Waals surface area contributed by atoms with Crippen LogP contribution in [0.2, 0.25) is 0 Å². The summed E-state index contributed by atoms with van der Waals surface area (Å²) in [6.45, 7) is 14.8. The van der Waals surface area contributed by atoms with Gasteiger partial charge in [-0.15, -0.1) is 0 Å². The molecule has 1 heterocycles. The molecule has 0 aliphatic carbocycles. The molecule has 0 bridgehead atoms. The fraction of sp³-hybridized carbons (Fsp3) is 0.542. The predicted octanol–water partition coefficient (Wildman–Crippen LogP) is 4.43. The van der Waals surface area contributed by atoms with Crippen molar-refractivity contribution in [3.05, 3.63) is 53.1 Å². The van der Waals surface area contributed by atoms with Crippen LogP contribution in [-0.4, -0.2) is 54.8 Å². The van der Waals surface area contributed by atoms with E-state index >= 15 is 0 Å². The molecule has 1 fully saturated rings. The Labute approximate surface area is 176 Å². The van der Waals surface area contributed by atoms with Crippen molar-refractivity contribution in [1.82, 2.24) is 15.3 Å². The largest absolute Gasteiger partial charge is 0.490 e. The van der Waals surface area contributed by atoms with Crippen LogP contribution in [0, 0.1) is 0 Å². The van der Waals surface area contributed by atoms with Gasteiger partial charge in [-0.2, -0.15) is 0 Å². The summed E-state index contributed by atoms with van der Waals surface area (Å²) in [5.74, 6) is 0.686. The van der Waals surface area contributed by atoms with Crippen molar-refractivity contribution >= 4 is 5.91 Å². The number of hydrogen-bond donors (Lipinski definition) is 1. The second kappa shape index (κ2) is 11.8. The van der Waals surface area contributed by atoms with Gasteiger partial charge in [-0.3, -0.25) is 4.79 Å². The van der Waals surface area contributed by atoms with Crippen molar-refractivity contribution in [2.75, 3.05) is 32.8 Å². The smallest absolute Gasteiger partial charge is 0.251 e. The van der Waals surface area contributed by atoms with Gasteiger partial charge in [0.1, 0.15) is 12.4 Å². The second-order valence-corrected chi connectivity index (χ2v) is 7.89. The molecule has 0 unspecified atom stereocenters. The summed E-state index contributed by atoms with van der Waals surface area (Å²) in [4.78, 5) is 12.7. The van der Waals surface area contributed by atoms with Crippen molar-refractivity contribution in [1.29, 1.82) is 0 Å². The molecule has 5 nitrogen and oxygen atoms in total. The van der Waals surface area contributed by atoms with E-state index in [-0.39, 0.29) is 11.9 Å². The zero-order valence-corrected chi connectivity index (χ0v) is 18.7. The molecule has 0 aromatic heterocycles. The molecule has 160 valence electrons. The van der Waals surface area contributed by atoms with Crippen LogP contribution in [0.1, 0.15) is 57.8 Å². The minimum absolute atomic E-state index is 0.0390. The summed E-state index contributed by atoms with van der Waals surface area (Å²) in [5, 5.41) is 7.74. The Morgan fingerprint density at radius 2 is 1.83 bits per heavy atom. The number of likely N-dealkylation sites (N-methyl/N-ethyl adjacent to an activating group) is 2. The van der Waals surface area contributed by atoms with Gasteiger partial charge in [0, 0.05) is 31.7 Å². The van der Waals surface area contributed by atoms with E-state index in [1.807, 2.05) is 24.3 Å². The standard InChI is InChI=1S/C24H37N3O2/c1-6-26-17-22(18-27(26)7-2)25-24(28)21-12-9-13-23(16-21)29-15-14-20(5)11-8-10-19(3)4/h9-10,12-14,16,22H,6-8,11,15,17-18H2,1-5H3,(H,25,28)/b20-14+. The SMILES string of the molecule is CCN1CC(NC(=O)c2cccc(OC/C=C(\C)CCC=C(C)C)c2)CN1CC. The van der Waals surface area contributed by atoms with Gasteiger partial charge in [0.2, 0.25) is 0 Å². The topological polar surface area (TPSA) is 44.8 Å². The van der Waals surface area contributed by atoms with Crippen molar-refractivity contribution in [3.63, 3.8) is 0 Å². The lowest BCUT2D eigenvalue weighted by Gasteiger charge is -2.24. The molecule has 29 heavy (non-hydrogen) atoms. The van der Waals surface area contributed by atoms with E-state index < -0.39 is 0 Å². The molecule has 0 spiro atoms. The van der Waals surface area contributed by atoms with E-state index in [2.05, 4.69) is 62.1 Å². The third-order valence-corrected chi connectivity index (χ3v) is 5.20. The van der Waals surface area contributed by atoms with E-state index in [4.69, 9.17) is 4.74 Å². The number of carbonyl (C=O) groups is 1. The Balaban J connectivity index is 1.85. The lowest BCUT2D eigenvalue weighted by molar-refractivity contribution is 0.0388. The maximum Gasteiger partial charge on any atom is 0.251 e. The fourth-order valence-electron chi connectivity index (χ4n) is 3.51. The highest BCUT2D eigenvalue weighted by Crippen LogP contribution is 2.16. The number of nitrogens with one attached hydrogen (secondary N) is 1. The Hall–Kier alpha value is -2.11. The summed E-state index contributed by atoms with van der Waals surface area (Å²) in [7, 11) is 0. The highest BCUT2D eigenvalue weighted by Gasteiger charge is 2.29. The third-order valence-electron chi connectivity index (χ3n) is 5.20. The number of allylic oxidation sites excluding steroid dienone is 3. The zero-order valence-electron chi connectivity index (χ0n) is 18.7. The number of hydrazine groups is 1. The quantitative estimate of drug-likeness (QED) is 0.591. The van der Waals surface area contributed by atoms with Gasteiger partial charge < -0.3 is 10.1 Å². The first-order chi connectivity index (χ1) is 13.9. The molecule has 1 N–H and O–H groups in total. The molecule has 1 aliphatic heterocycles. The molecule has 1 saturated heterocycles. The van der Waals surface area contributed by atoms with Crippen LogP contribution in [-0.2, 0) is 0 Å². The van der Waals surface area contributed by atoms with Gasteiger partial charge >= 0.3 is 0 Å². The Morgan fingerprint density at radius 3 is 2.45 bits per heavy atom. The van der Waals surface area contributed by atoms with Gasteiger partial charge in [-0.1, -0.05) is 37.1 Å². The molecule has 0 atom stereocenters. The van der Waals surface area contributed by atoms with Gasteiger partial charge in [-0.25, -0.2) is 10.0 Å². The van der Waals surface area contributed by atoms with Crippen LogP contribution < -0.4 is 10.1 Å². The average Bonchev–Trinajstić information content (AvgIpc) is 3.09. The number of nitrogens with zero attached hydrogens (tertiary/aromatic N) is 2. The first-order valence-electron chi connectivity index (χ1n) is 10.7. The number of benzene rings is 1. The normalized spacial score (nSPS) is 16.1. The average molecular weight is 400 g/mol. The van der Waals surface area contributed by atoms with Crippen LogP contribution >= 0.6 is 0 Å². The first kappa shape index (κ1) is 23.2. The number of ether oxygens (including phenoxy) is 1. The number of hydrogen-bond acceptors (Lipinski definition) is 4. The highest BCUT2D eigenvalue weighted by molar-refractivity contribution is 5.94. The highest BCUT2D eigenvalue weighted by atomic mass is 16.5. The Kier molecular flexibility index (Phi) is 9.42. The van der Waals surface area contributed by atoms with Crippen molar-refractivity contribution in [2.45, 2.75) is 53.5 Å². The summed E-state index contributed by atoms with van der Waals surface area (Å²) < 4.78 is 5.85. The molecule has 1 aliphatic rings. The van der Waals surface area contributed by atoms with Gasteiger partial charge in [0.15, 0.2) is 0 Å². The molecule has 1 amide bonds. The first-order valence-corrected chi connectivity index (χ1v) is 10.7. The third kappa shape index (κ3) is 7.67. The minimum atomic E-state index is -0.0390. The molecule has 5 heteroatoms. The molecular formula is C24H37N3O2. The predicted molar refractivity (Wildman–Crippen MR) is 120 cm³/mol. The van der Waals surface area contributed by atoms with Crippen LogP contribution in [0.4, 0.5) is 0 Å². The summed E-state index contributed by atoms with van der Waals surface area (Å²) in [6, 6.07) is 7.59. The van der Waals surface area contributed by atoms with E-state index in [1.54, 1.807) is 0 Å². The minimum Gasteiger partial charge on any atom is -0.490 e. The van der Waals surface area contributed by atoms with Crippen molar-refractivity contribution in [3.8, 4) is 5.75 Å². The molecule has 0 saturated carbocycles. The van der Waals surface area contributed by atoms with Crippen molar-refractivity contribution in [2.24, 2.45) is 0 Å². The lowest BCUT2D eigenvalue weighted by atomic mass is 10.1. The van der Waals surface area contributed by atoms with E-state index in [9.17, 15) is 4.79 Å². The summed E-state index contributed by atoms with van der Waals surface area (Å²) in [5.41, 5.74) is 3.31. The molecule has 1 aromatic carbocycles. The van der Waals surface area contributed by atoms with Gasteiger partial charge in [-0.05, 0) is 57.9 Å². The monoisotopic (exact) mass is 399 g/mol. The maximum absolute atomic E-state index is 12.7. The Bertz CT molecular complexity index is 711. The number of rotatable bonds is 10. The van der Waals surface area contributed by atoms with E-state index in [0.29, 0.717) is 12.2 Å². The van der Waals surface area contributed by atoms with Gasteiger partial charge in [0.05, 0.1) is 6.04 Å².